The van der Waals surface area contributed by atoms with Crippen molar-refractivity contribution in [2.24, 2.45) is 5.92 Å². The highest BCUT2D eigenvalue weighted by molar-refractivity contribution is 5.28. The summed E-state index contributed by atoms with van der Waals surface area (Å²) in [7, 11) is 0. The molecule has 0 N–H and O–H groups in total. The fraction of sp³-hybridized carbons (Fsp3) is 0.684. The van der Waals surface area contributed by atoms with Gasteiger partial charge in [0.15, 0.2) is 6.29 Å². The first-order chi connectivity index (χ1) is 12.0. The number of rotatable bonds is 9. The van der Waals surface area contributed by atoms with Crippen molar-refractivity contribution in [1.82, 2.24) is 0 Å². The lowest BCUT2D eigenvalue weighted by Gasteiger charge is -2.29. The number of unbranched alkanes of at least 4 members (excludes halogenated alkanes) is 3. The van der Waals surface area contributed by atoms with Crippen molar-refractivity contribution in [3.8, 4) is 5.75 Å². The molecule has 0 atom stereocenters. The van der Waals surface area contributed by atoms with Crippen LogP contribution in [-0.2, 0) is 9.47 Å². The molecule has 1 aliphatic heterocycles. The van der Waals surface area contributed by atoms with E-state index in [0.29, 0.717) is 6.61 Å². The highest BCUT2D eigenvalue weighted by Gasteiger charge is 2.30. The molecule has 3 nitrogen and oxygen atoms in total. The number of benzene rings is 1. The Morgan fingerprint density at radius 2 is 1.72 bits per heavy atom. The predicted octanol–water partition coefficient (Wildman–Crippen LogP) is 5.65. The molecule has 0 bridgehead atoms. The third-order valence-corrected chi connectivity index (χ3v) is 4.22. The van der Waals surface area contributed by atoms with Gasteiger partial charge < -0.3 is 14.2 Å². The van der Waals surface area contributed by atoms with Gasteiger partial charge in [-0.25, -0.2) is 0 Å². The summed E-state index contributed by atoms with van der Waals surface area (Å²) in [5.74, 6) is 0.600. The molecule has 1 fully saturated rings. The Morgan fingerprint density at radius 1 is 1.04 bits per heavy atom. The molecule has 142 valence electrons. The second kappa shape index (κ2) is 10.0. The van der Waals surface area contributed by atoms with Crippen LogP contribution < -0.4 is 4.74 Å². The molecule has 0 unspecified atom stereocenters. The van der Waals surface area contributed by atoms with E-state index in [-0.39, 0.29) is 25.6 Å². The molecule has 0 amide bonds. The smallest absolute Gasteiger partial charge is 0.389 e. The van der Waals surface area contributed by atoms with Gasteiger partial charge in [0.2, 0.25) is 0 Å². The maximum atomic E-state index is 12.2. The van der Waals surface area contributed by atoms with Crippen LogP contribution in [0.25, 0.3) is 0 Å². The molecular weight excluding hydrogens is 333 g/mol. The topological polar surface area (TPSA) is 27.7 Å². The average Bonchev–Trinajstić information content (AvgIpc) is 2.60. The van der Waals surface area contributed by atoms with E-state index in [4.69, 9.17) is 14.2 Å². The van der Waals surface area contributed by atoms with Crippen LogP contribution in [-0.4, -0.2) is 26.0 Å². The van der Waals surface area contributed by atoms with Crippen molar-refractivity contribution in [2.45, 2.75) is 57.9 Å². The first-order valence-corrected chi connectivity index (χ1v) is 9.00. The molecule has 0 spiro atoms. The Hall–Kier alpha value is -1.27. The van der Waals surface area contributed by atoms with Gasteiger partial charge in [-0.05, 0) is 25.0 Å². The Bertz CT molecular complexity index is 480. The molecule has 1 saturated heterocycles. The lowest BCUT2D eigenvalue weighted by Crippen LogP contribution is -2.28. The van der Waals surface area contributed by atoms with Gasteiger partial charge in [-0.3, -0.25) is 0 Å². The zero-order chi connectivity index (χ0) is 18.1. The largest absolute Gasteiger partial charge is 0.494 e. The number of hydrogen-bond acceptors (Lipinski definition) is 3. The van der Waals surface area contributed by atoms with Crippen molar-refractivity contribution in [3.05, 3.63) is 29.8 Å². The first kappa shape index (κ1) is 20.0. The van der Waals surface area contributed by atoms with Gasteiger partial charge in [0, 0.05) is 17.9 Å². The molecule has 25 heavy (non-hydrogen) atoms. The molecule has 6 heteroatoms. The molecule has 2 rings (SSSR count). The minimum atomic E-state index is -4.12. The van der Waals surface area contributed by atoms with Crippen molar-refractivity contribution >= 4 is 0 Å². The van der Waals surface area contributed by atoms with E-state index in [2.05, 4.69) is 6.92 Å². The zero-order valence-corrected chi connectivity index (χ0v) is 14.7. The fourth-order valence-electron chi connectivity index (χ4n) is 2.71. The fourth-order valence-corrected chi connectivity index (χ4v) is 2.71. The van der Waals surface area contributed by atoms with E-state index < -0.39 is 18.9 Å². The molecule has 0 radical (unpaired) electrons. The van der Waals surface area contributed by atoms with Gasteiger partial charge in [-0.1, -0.05) is 38.3 Å². The van der Waals surface area contributed by atoms with Gasteiger partial charge in [0.05, 0.1) is 19.8 Å². The lowest BCUT2D eigenvalue weighted by atomic mass is 10.0. The standard InChI is InChI=1S/C19H27F3O3/c1-2-3-4-5-12-23-17-8-6-16(7-9-17)18-24-13-15(14-25-18)10-11-19(20,21)22/h6-9,15,18H,2-5,10-14H2,1H3/t15-,18-. The van der Waals surface area contributed by atoms with Crippen LogP contribution in [0.4, 0.5) is 13.2 Å². The lowest BCUT2D eigenvalue weighted by molar-refractivity contribution is -0.211. The molecule has 1 aliphatic rings. The SMILES string of the molecule is CCCCCCOc1ccc([C@H]2OC[C@H](CCC(F)(F)F)CO2)cc1. The van der Waals surface area contributed by atoms with Crippen molar-refractivity contribution in [3.63, 3.8) is 0 Å². The van der Waals surface area contributed by atoms with Crippen molar-refractivity contribution in [1.29, 1.82) is 0 Å². The summed E-state index contributed by atoms with van der Waals surface area (Å²) in [4.78, 5) is 0. The van der Waals surface area contributed by atoms with E-state index in [1.807, 2.05) is 24.3 Å². The predicted molar refractivity (Wildman–Crippen MR) is 89.5 cm³/mol. The monoisotopic (exact) mass is 360 g/mol. The molecule has 1 aromatic rings. The Labute approximate surface area is 147 Å². The van der Waals surface area contributed by atoms with Gasteiger partial charge in [0.25, 0.3) is 0 Å². The van der Waals surface area contributed by atoms with E-state index in [1.165, 1.54) is 19.3 Å². The molecule has 1 aromatic carbocycles. The molecule has 0 aliphatic carbocycles. The van der Waals surface area contributed by atoms with Crippen molar-refractivity contribution < 1.29 is 27.4 Å². The van der Waals surface area contributed by atoms with Crippen LogP contribution in [0.1, 0.15) is 57.3 Å². The van der Waals surface area contributed by atoms with Crippen LogP contribution in [0, 0.1) is 5.92 Å². The van der Waals surface area contributed by atoms with Gasteiger partial charge in [-0.2, -0.15) is 13.2 Å². The van der Waals surface area contributed by atoms with Gasteiger partial charge >= 0.3 is 6.18 Å². The van der Waals surface area contributed by atoms with E-state index in [9.17, 15) is 13.2 Å². The first-order valence-electron chi connectivity index (χ1n) is 9.00. The van der Waals surface area contributed by atoms with Crippen LogP contribution >= 0.6 is 0 Å². The summed E-state index contributed by atoms with van der Waals surface area (Å²) in [5.41, 5.74) is 0.854. The van der Waals surface area contributed by atoms with Crippen LogP contribution in [0.15, 0.2) is 24.3 Å². The minimum absolute atomic E-state index is 0.0427. The minimum Gasteiger partial charge on any atom is -0.494 e. The number of halogens is 3. The van der Waals surface area contributed by atoms with Crippen LogP contribution in [0.5, 0.6) is 5.75 Å². The summed E-state index contributed by atoms with van der Waals surface area (Å²) in [6.45, 7) is 3.46. The highest BCUT2D eigenvalue weighted by atomic mass is 19.4. The van der Waals surface area contributed by atoms with Crippen LogP contribution in [0.3, 0.4) is 0 Å². The highest BCUT2D eigenvalue weighted by Crippen LogP contribution is 2.30. The Kier molecular flexibility index (Phi) is 8.03. The van der Waals surface area contributed by atoms with Gasteiger partial charge in [-0.15, -0.1) is 0 Å². The maximum absolute atomic E-state index is 12.2. The number of ether oxygens (including phenoxy) is 3. The summed E-state index contributed by atoms with van der Waals surface area (Å²) in [5, 5.41) is 0. The van der Waals surface area contributed by atoms with Crippen LogP contribution in [0.2, 0.25) is 0 Å². The van der Waals surface area contributed by atoms with E-state index >= 15 is 0 Å². The summed E-state index contributed by atoms with van der Waals surface area (Å²) in [6, 6.07) is 7.50. The second-order valence-electron chi connectivity index (χ2n) is 6.50. The number of alkyl halides is 3. The van der Waals surface area contributed by atoms with Crippen molar-refractivity contribution in [2.75, 3.05) is 19.8 Å². The Balaban J connectivity index is 1.70. The number of hydrogen-bond donors (Lipinski definition) is 0. The quantitative estimate of drug-likeness (QED) is 0.533. The average molecular weight is 360 g/mol. The van der Waals surface area contributed by atoms with Gasteiger partial charge in [0.1, 0.15) is 5.75 Å². The molecule has 0 aromatic heterocycles. The maximum Gasteiger partial charge on any atom is 0.389 e. The molecular formula is C19H27F3O3. The second-order valence-corrected chi connectivity index (χ2v) is 6.50. The molecule has 1 heterocycles. The summed E-state index contributed by atoms with van der Waals surface area (Å²) >= 11 is 0. The third-order valence-electron chi connectivity index (χ3n) is 4.22. The third kappa shape index (κ3) is 7.65. The summed E-state index contributed by atoms with van der Waals surface area (Å²) < 4.78 is 53.6. The Morgan fingerprint density at radius 3 is 2.32 bits per heavy atom. The summed E-state index contributed by atoms with van der Waals surface area (Å²) in [6.07, 6.45) is -0.738. The molecule has 0 saturated carbocycles. The van der Waals surface area contributed by atoms with E-state index in [1.54, 1.807) is 0 Å². The zero-order valence-electron chi connectivity index (χ0n) is 14.7. The van der Waals surface area contributed by atoms with E-state index in [0.717, 1.165) is 17.7 Å². The normalized spacial score (nSPS) is 21.3.